The Morgan fingerprint density at radius 1 is 1.33 bits per heavy atom. The lowest BCUT2D eigenvalue weighted by molar-refractivity contribution is 0.0913. The topological polar surface area (TPSA) is 30.0 Å². The summed E-state index contributed by atoms with van der Waals surface area (Å²) in [4.78, 5) is 19.0. The van der Waals surface area contributed by atoms with Crippen LogP contribution in [0.4, 0.5) is 0 Å². The minimum Gasteiger partial charge on any atom is -0.294 e. The van der Waals surface area contributed by atoms with E-state index in [0.29, 0.717) is 12.2 Å². The molecule has 2 aromatic heterocycles. The average Bonchev–Trinajstić information content (AvgIpc) is 2.83. The number of Topliss-reactive ketones (excluding diaryl/α,β-unsaturated/α-hetero) is 1. The molecule has 94 valence electrons. The second-order valence-corrected chi connectivity index (χ2v) is 7.74. The molecule has 0 saturated heterocycles. The van der Waals surface area contributed by atoms with E-state index in [1.165, 1.54) is 10.4 Å². The highest BCUT2D eigenvalue weighted by molar-refractivity contribution is 7.21. The van der Waals surface area contributed by atoms with Gasteiger partial charge in [0, 0.05) is 28.4 Å². The number of carbonyl (C=O) groups is 1. The second kappa shape index (κ2) is 4.00. The summed E-state index contributed by atoms with van der Waals surface area (Å²) in [7, 11) is 0. The van der Waals surface area contributed by atoms with Crippen LogP contribution in [-0.4, -0.2) is 10.8 Å². The molecule has 4 heteroatoms. The van der Waals surface area contributed by atoms with E-state index in [1.54, 1.807) is 22.7 Å². The lowest BCUT2D eigenvalue weighted by atomic mass is 9.74. The molecule has 2 nitrogen and oxygen atoms in total. The van der Waals surface area contributed by atoms with E-state index in [1.807, 2.05) is 11.6 Å². The van der Waals surface area contributed by atoms with Gasteiger partial charge in [0.15, 0.2) is 5.78 Å². The van der Waals surface area contributed by atoms with E-state index in [-0.39, 0.29) is 5.41 Å². The van der Waals surface area contributed by atoms with Crippen molar-refractivity contribution in [2.24, 2.45) is 5.41 Å². The van der Waals surface area contributed by atoms with Gasteiger partial charge in [0.25, 0.3) is 0 Å². The highest BCUT2D eigenvalue weighted by atomic mass is 32.1. The Labute approximate surface area is 115 Å². The summed E-state index contributed by atoms with van der Waals surface area (Å²) in [6.45, 7) is 6.40. The molecule has 2 aromatic rings. The van der Waals surface area contributed by atoms with E-state index in [2.05, 4.69) is 25.8 Å². The summed E-state index contributed by atoms with van der Waals surface area (Å²) in [5, 5.41) is 3.04. The number of hydrogen-bond acceptors (Lipinski definition) is 4. The smallest absolute Gasteiger partial charge is 0.164 e. The molecule has 0 spiro atoms. The number of aryl methyl sites for hydroxylation is 1. The first-order chi connectivity index (χ1) is 8.48. The van der Waals surface area contributed by atoms with Gasteiger partial charge in [-0.05, 0) is 24.3 Å². The predicted octanol–water partition coefficient (Wildman–Crippen LogP) is 4.34. The maximum atomic E-state index is 12.3. The number of aromatic nitrogens is 1. The van der Waals surface area contributed by atoms with Gasteiger partial charge in [0.1, 0.15) is 5.01 Å². The van der Waals surface area contributed by atoms with Gasteiger partial charge in [-0.15, -0.1) is 22.7 Å². The normalized spacial score (nSPS) is 17.8. The fourth-order valence-corrected chi connectivity index (χ4v) is 4.65. The molecule has 0 aliphatic heterocycles. The van der Waals surface area contributed by atoms with Crippen molar-refractivity contribution >= 4 is 28.5 Å². The molecular formula is C14H15NOS2. The molecule has 0 bridgehead atoms. The zero-order valence-corrected chi connectivity index (χ0v) is 12.4. The standard InChI is InChI=1S/C14H15NOS2/c1-8-11-9(6-14(2,3)7-10(11)16)12(18-8)13-15-4-5-17-13/h4-5H,6-7H2,1-3H3. The molecular weight excluding hydrogens is 262 g/mol. The summed E-state index contributed by atoms with van der Waals surface area (Å²) in [5.41, 5.74) is 2.28. The third-order valence-corrected chi connectivity index (χ3v) is 5.46. The zero-order chi connectivity index (χ0) is 12.9. The molecule has 0 unspecified atom stereocenters. The first kappa shape index (κ1) is 12.1. The number of ketones is 1. The Morgan fingerprint density at radius 3 is 2.78 bits per heavy atom. The Hall–Kier alpha value is -1.00. The minimum absolute atomic E-state index is 0.0730. The van der Waals surface area contributed by atoms with E-state index in [0.717, 1.165) is 21.9 Å². The Kier molecular flexibility index (Phi) is 2.68. The van der Waals surface area contributed by atoms with Crippen LogP contribution in [0.25, 0.3) is 9.88 Å². The van der Waals surface area contributed by atoms with Gasteiger partial charge in [-0.2, -0.15) is 0 Å². The minimum atomic E-state index is 0.0730. The van der Waals surface area contributed by atoms with Crippen molar-refractivity contribution in [1.82, 2.24) is 4.98 Å². The van der Waals surface area contributed by atoms with Crippen LogP contribution < -0.4 is 0 Å². The molecule has 0 atom stereocenters. The number of hydrogen-bond donors (Lipinski definition) is 0. The van der Waals surface area contributed by atoms with Gasteiger partial charge in [0.2, 0.25) is 0 Å². The van der Waals surface area contributed by atoms with Crippen molar-refractivity contribution in [3.63, 3.8) is 0 Å². The lowest BCUT2D eigenvalue weighted by Crippen LogP contribution is -2.26. The van der Waals surface area contributed by atoms with Crippen LogP contribution in [0, 0.1) is 12.3 Å². The third-order valence-electron chi connectivity index (χ3n) is 3.38. The molecule has 1 aliphatic rings. The van der Waals surface area contributed by atoms with Gasteiger partial charge < -0.3 is 0 Å². The van der Waals surface area contributed by atoms with Crippen LogP contribution in [0.1, 0.15) is 41.1 Å². The van der Waals surface area contributed by atoms with Crippen LogP contribution >= 0.6 is 22.7 Å². The summed E-state index contributed by atoms with van der Waals surface area (Å²) >= 11 is 3.37. The number of carbonyl (C=O) groups excluding carboxylic acids is 1. The molecule has 0 amide bonds. The number of thiazole rings is 1. The Morgan fingerprint density at radius 2 is 2.11 bits per heavy atom. The monoisotopic (exact) mass is 277 g/mol. The van der Waals surface area contributed by atoms with Crippen molar-refractivity contribution in [3.8, 4) is 9.88 Å². The molecule has 18 heavy (non-hydrogen) atoms. The van der Waals surface area contributed by atoms with E-state index < -0.39 is 0 Å². The fraction of sp³-hybridized carbons (Fsp3) is 0.429. The van der Waals surface area contributed by atoms with Crippen molar-refractivity contribution in [3.05, 3.63) is 27.6 Å². The first-order valence-electron chi connectivity index (χ1n) is 6.03. The van der Waals surface area contributed by atoms with Gasteiger partial charge in [-0.25, -0.2) is 4.98 Å². The lowest BCUT2D eigenvalue weighted by Gasteiger charge is -2.29. The Bertz CT molecular complexity index is 608. The van der Waals surface area contributed by atoms with Crippen molar-refractivity contribution in [1.29, 1.82) is 0 Å². The van der Waals surface area contributed by atoms with E-state index in [4.69, 9.17) is 0 Å². The van der Waals surface area contributed by atoms with Crippen molar-refractivity contribution in [2.45, 2.75) is 33.6 Å². The average molecular weight is 277 g/mol. The van der Waals surface area contributed by atoms with Gasteiger partial charge in [-0.3, -0.25) is 4.79 Å². The van der Waals surface area contributed by atoms with Crippen LogP contribution in [-0.2, 0) is 6.42 Å². The molecule has 0 N–H and O–H groups in total. The summed E-state index contributed by atoms with van der Waals surface area (Å²) < 4.78 is 0. The van der Waals surface area contributed by atoms with Crippen LogP contribution in [0.5, 0.6) is 0 Å². The molecule has 2 heterocycles. The zero-order valence-electron chi connectivity index (χ0n) is 10.7. The number of thiophene rings is 1. The molecule has 1 aliphatic carbocycles. The van der Waals surface area contributed by atoms with Crippen LogP contribution in [0.3, 0.4) is 0 Å². The largest absolute Gasteiger partial charge is 0.294 e. The molecule has 0 fully saturated rings. The second-order valence-electron chi connectivity index (χ2n) is 5.62. The predicted molar refractivity (Wildman–Crippen MR) is 76.6 cm³/mol. The van der Waals surface area contributed by atoms with Gasteiger partial charge in [-0.1, -0.05) is 13.8 Å². The number of rotatable bonds is 1. The summed E-state index contributed by atoms with van der Waals surface area (Å²) in [5.74, 6) is 0.304. The number of nitrogens with zero attached hydrogens (tertiary/aromatic N) is 1. The summed E-state index contributed by atoms with van der Waals surface area (Å²) in [6, 6.07) is 0. The van der Waals surface area contributed by atoms with Crippen molar-refractivity contribution < 1.29 is 4.79 Å². The van der Waals surface area contributed by atoms with Crippen molar-refractivity contribution in [2.75, 3.05) is 0 Å². The van der Waals surface area contributed by atoms with E-state index >= 15 is 0 Å². The molecule has 0 aromatic carbocycles. The number of fused-ring (bicyclic) bond motifs is 1. The van der Waals surface area contributed by atoms with E-state index in [9.17, 15) is 4.79 Å². The Balaban J connectivity index is 2.21. The first-order valence-corrected chi connectivity index (χ1v) is 7.73. The van der Waals surface area contributed by atoms with Gasteiger partial charge in [0.05, 0.1) is 4.88 Å². The fourth-order valence-electron chi connectivity index (χ4n) is 2.70. The highest BCUT2D eigenvalue weighted by Crippen LogP contribution is 2.45. The third kappa shape index (κ3) is 1.84. The van der Waals surface area contributed by atoms with Gasteiger partial charge >= 0.3 is 0 Å². The highest BCUT2D eigenvalue weighted by Gasteiger charge is 2.35. The maximum Gasteiger partial charge on any atom is 0.164 e. The quantitative estimate of drug-likeness (QED) is 0.776. The van der Waals surface area contributed by atoms with Crippen LogP contribution in [0.2, 0.25) is 0 Å². The molecule has 0 saturated carbocycles. The SMILES string of the molecule is Cc1sc(-c2nccs2)c2c1C(=O)CC(C)(C)C2. The summed E-state index contributed by atoms with van der Waals surface area (Å²) in [6.07, 6.45) is 3.47. The maximum absolute atomic E-state index is 12.3. The molecule has 3 rings (SSSR count). The molecule has 0 radical (unpaired) electrons. The van der Waals surface area contributed by atoms with Crippen LogP contribution in [0.15, 0.2) is 11.6 Å².